The second-order valence-electron chi connectivity index (χ2n) is 7.15. The lowest BCUT2D eigenvalue weighted by Gasteiger charge is -2.11. The van der Waals surface area contributed by atoms with Crippen LogP contribution in [0.2, 0.25) is 5.02 Å². The fourth-order valence-electron chi connectivity index (χ4n) is 3.40. The van der Waals surface area contributed by atoms with Gasteiger partial charge in [0.2, 0.25) is 0 Å². The molecule has 1 heterocycles. The molecule has 0 aliphatic rings. The average Bonchev–Trinajstić information content (AvgIpc) is 3.26. The molecule has 1 amide bonds. The summed E-state index contributed by atoms with van der Waals surface area (Å²) >= 11 is 6.05. The van der Waals surface area contributed by atoms with E-state index in [1.165, 1.54) is 0 Å². The molecule has 0 bridgehead atoms. The molecular formula is C25H22ClN3O3. The van der Waals surface area contributed by atoms with E-state index < -0.39 is 0 Å². The highest BCUT2D eigenvalue weighted by molar-refractivity contribution is 6.30. The molecule has 0 aliphatic heterocycles. The maximum atomic E-state index is 13.3. The monoisotopic (exact) mass is 447 g/mol. The summed E-state index contributed by atoms with van der Waals surface area (Å²) in [6.45, 7) is 1.89. The van der Waals surface area contributed by atoms with Crippen LogP contribution >= 0.6 is 11.6 Å². The topological polar surface area (TPSA) is 65.4 Å². The summed E-state index contributed by atoms with van der Waals surface area (Å²) in [5.74, 6) is 0.917. The van der Waals surface area contributed by atoms with Crippen LogP contribution in [-0.2, 0) is 0 Å². The van der Waals surface area contributed by atoms with Gasteiger partial charge in [0.05, 0.1) is 25.5 Å². The number of nitrogens with zero attached hydrogens (tertiary/aromatic N) is 2. The van der Waals surface area contributed by atoms with Crippen LogP contribution in [0, 0.1) is 6.92 Å². The number of halogens is 1. The minimum Gasteiger partial charge on any atom is -0.497 e. The maximum Gasteiger partial charge on any atom is 0.259 e. The Morgan fingerprint density at radius 2 is 1.78 bits per heavy atom. The van der Waals surface area contributed by atoms with Gasteiger partial charge in [0.1, 0.15) is 17.2 Å². The third kappa shape index (κ3) is 4.31. The minimum absolute atomic E-state index is 0.287. The van der Waals surface area contributed by atoms with Crippen LogP contribution in [0.5, 0.6) is 11.5 Å². The number of carbonyl (C=O) groups excluding carboxylic acids is 1. The van der Waals surface area contributed by atoms with Crippen molar-refractivity contribution in [1.82, 2.24) is 9.78 Å². The summed E-state index contributed by atoms with van der Waals surface area (Å²) in [5, 5.41) is 8.31. The van der Waals surface area contributed by atoms with E-state index in [4.69, 9.17) is 26.2 Å². The quantitative estimate of drug-likeness (QED) is 0.407. The summed E-state index contributed by atoms with van der Waals surface area (Å²) in [6, 6.07) is 20.3. The molecular weight excluding hydrogens is 426 g/mol. The number of methoxy groups -OCH3 is 2. The molecule has 0 saturated carbocycles. The second-order valence-corrected chi connectivity index (χ2v) is 7.59. The molecule has 1 N–H and O–H groups in total. The van der Waals surface area contributed by atoms with Crippen LogP contribution in [0.3, 0.4) is 0 Å². The molecule has 162 valence electrons. The van der Waals surface area contributed by atoms with Crippen molar-refractivity contribution < 1.29 is 14.3 Å². The SMILES string of the molecule is COc1ccc(-c2nn(-c3ccccc3)cc2C(=O)Nc2ccc(Cl)cc2C)c(OC)c1. The second kappa shape index (κ2) is 9.16. The number of anilines is 1. The molecule has 0 fully saturated rings. The highest BCUT2D eigenvalue weighted by Crippen LogP contribution is 2.35. The summed E-state index contributed by atoms with van der Waals surface area (Å²) in [4.78, 5) is 13.3. The summed E-state index contributed by atoms with van der Waals surface area (Å²) in [5.41, 5.74) is 3.97. The zero-order chi connectivity index (χ0) is 22.7. The molecule has 3 aromatic carbocycles. The van der Waals surface area contributed by atoms with Crippen LogP contribution < -0.4 is 14.8 Å². The number of ether oxygens (including phenoxy) is 2. The largest absolute Gasteiger partial charge is 0.497 e. The van der Waals surface area contributed by atoms with Gasteiger partial charge in [-0.25, -0.2) is 4.68 Å². The van der Waals surface area contributed by atoms with E-state index >= 15 is 0 Å². The number of aromatic nitrogens is 2. The van der Waals surface area contributed by atoms with Gasteiger partial charge >= 0.3 is 0 Å². The van der Waals surface area contributed by atoms with Crippen molar-refractivity contribution in [1.29, 1.82) is 0 Å². The van der Waals surface area contributed by atoms with Crippen molar-refractivity contribution in [3.63, 3.8) is 0 Å². The van der Waals surface area contributed by atoms with Crippen molar-refractivity contribution in [3.8, 4) is 28.4 Å². The van der Waals surface area contributed by atoms with E-state index in [1.54, 1.807) is 49.4 Å². The predicted octanol–water partition coefficient (Wildman–Crippen LogP) is 5.77. The van der Waals surface area contributed by atoms with Crippen LogP contribution in [-0.4, -0.2) is 29.9 Å². The van der Waals surface area contributed by atoms with E-state index in [-0.39, 0.29) is 5.91 Å². The molecule has 4 aromatic rings. The third-order valence-corrected chi connectivity index (χ3v) is 5.32. The molecule has 32 heavy (non-hydrogen) atoms. The highest BCUT2D eigenvalue weighted by atomic mass is 35.5. The van der Waals surface area contributed by atoms with Gasteiger partial charge in [0.25, 0.3) is 5.91 Å². The number of aryl methyl sites for hydroxylation is 1. The van der Waals surface area contributed by atoms with Crippen LogP contribution in [0.4, 0.5) is 5.69 Å². The number of carbonyl (C=O) groups is 1. The van der Waals surface area contributed by atoms with Gasteiger partial charge in [0, 0.05) is 28.5 Å². The number of nitrogens with one attached hydrogen (secondary N) is 1. The van der Waals surface area contributed by atoms with Crippen molar-refractivity contribution >= 4 is 23.2 Å². The molecule has 0 unspecified atom stereocenters. The molecule has 0 saturated heterocycles. The normalized spacial score (nSPS) is 10.6. The molecule has 6 nitrogen and oxygen atoms in total. The van der Waals surface area contributed by atoms with Crippen molar-refractivity contribution in [2.75, 3.05) is 19.5 Å². The Labute approximate surface area is 191 Å². The first-order chi connectivity index (χ1) is 15.5. The van der Waals surface area contributed by atoms with Gasteiger partial charge in [-0.05, 0) is 55.0 Å². The molecule has 0 spiro atoms. The van der Waals surface area contributed by atoms with E-state index in [0.717, 1.165) is 11.3 Å². The van der Waals surface area contributed by atoms with Gasteiger partial charge in [-0.3, -0.25) is 4.79 Å². The lowest BCUT2D eigenvalue weighted by molar-refractivity contribution is 0.102. The Balaban J connectivity index is 1.82. The zero-order valence-electron chi connectivity index (χ0n) is 17.9. The first-order valence-corrected chi connectivity index (χ1v) is 10.3. The van der Waals surface area contributed by atoms with Gasteiger partial charge in [0.15, 0.2) is 0 Å². The van der Waals surface area contributed by atoms with Crippen molar-refractivity contribution in [2.24, 2.45) is 0 Å². The Morgan fingerprint density at radius 1 is 1.00 bits per heavy atom. The van der Waals surface area contributed by atoms with Gasteiger partial charge in [-0.1, -0.05) is 29.8 Å². The number of para-hydroxylation sites is 1. The van der Waals surface area contributed by atoms with Crippen LogP contribution in [0.15, 0.2) is 72.9 Å². The fourth-order valence-corrected chi connectivity index (χ4v) is 3.63. The molecule has 0 aliphatic carbocycles. The highest BCUT2D eigenvalue weighted by Gasteiger charge is 2.22. The first kappa shape index (κ1) is 21.5. The Morgan fingerprint density at radius 3 is 2.47 bits per heavy atom. The zero-order valence-corrected chi connectivity index (χ0v) is 18.7. The molecule has 7 heteroatoms. The number of hydrogen-bond donors (Lipinski definition) is 1. The van der Waals surface area contributed by atoms with E-state index in [1.807, 2.05) is 49.4 Å². The minimum atomic E-state index is -0.287. The average molecular weight is 448 g/mol. The third-order valence-electron chi connectivity index (χ3n) is 5.08. The Hall–Kier alpha value is -3.77. The number of hydrogen-bond acceptors (Lipinski definition) is 4. The summed E-state index contributed by atoms with van der Waals surface area (Å²) in [7, 11) is 3.16. The van der Waals surface area contributed by atoms with E-state index in [0.29, 0.717) is 39.0 Å². The number of benzene rings is 3. The maximum absolute atomic E-state index is 13.3. The Kier molecular flexibility index (Phi) is 6.14. The van der Waals surface area contributed by atoms with Gasteiger partial charge in [-0.2, -0.15) is 5.10 Å². The van der Waals surface area contributed by atoms with Gasteiger partial charge < -0.3 is 14.8 Å². The van der Waals surface area contributed by atoms with Crippen molar-refractivity contribution in [2.45, 2.75) is 6.92 Å². The van der Waals surface area contributed by atoms with Gasteiger partial charge in [-0.15, -0.1) is 0 Å². The molecule has 4 rings (SSSR count). The van der Waals surface area contributed by atoms with E-state index in [2.05, 4.69) is 5.32 Å². The van der Waals surface area contributed by atoms with Crippen molar-refractivity contribution in [3.05, 3.63) is 89.1 Å². The lowest BCUT2D eigenvalue weighted by Crippen LogP contribution is -2.13. The van der Waals surface area contributed by atoms with Crippen LogP contribution in [0.25, 0.3) is 16.9 Å². The summed E-state index contributed by atoms with van der Waals surface area (Å²) in [6.07, 6.45) is 1.72. The molecule has 0 atom stereocenters. The summed E-state index contributed by atoms with van der Waals surface area (Å²) < 4.78 is 12.6. The lowest BCUT2D eigenvalue weighted by atomic mass is 10.1. The standard InChI is InChI=1S/C25H22ClN3O3/c1-16-13-17(26)9-12-22(16)27-25(30)21-15-29(18-7-5-4-6-8-18)28-24(21)20-11-10-19(31-2)14-23(20)32-3/h4-15H,1-3H3,(H,27,30). The fraction of sp³-hybridized carbons (Fsp3) is 0.120. The first-order valence-electron chi connectivity index (χ1n) is 9.95. The smallest absolute Gasteiger partial charge is 0.259 e. The van der Waals surface area contributed by atoms with E-state index in [9.17, 15) is 4.79 Å². The molecule has 1 aromatic heterocycles. The predicted molar refractivity (Wildman–Crippen MR) is 126 cm³/mol. The molecule has 0 radical (unpaired) electrons. The number of rotatable bonds is 6. The Bertz CT molecular complexity index is 1270. The van der Waals surface area contributed by atoms with Crippen LogP contribution in [0.1, 0.15) is 15.9 Å². The number of amides is 1.